The highest BCUT2D eigenvalue weighted by atomic mass is 19.4. The highest BCUT2D eigenvalue weighted by Gasteiger charge is 2.31. The van der Waals surface area contributed by atoms with Crippen molar-refractivity contribution in [1.82, 2.24) is 10.6 Å². The second-order valence-electron chi connectivity index (χ2n) is 7.82. The maximum atomic E-state index is 12.9. The van der Waals surface area contributed by atoms with E-state index in [1.807, 2.05) is 30.3 Å². The van der Waals surface area contributed by atoms with Crippen molar-refractivity contribution in [2.75, 3.05) is 6.54 Å². The third-order valence-electron chi connectivity index (χ3n) is 4.00. The Bertz CT molecular complexity index is 862. The minimum atomic E-state index is -4.54. The highest BCUT2D eigenvalue weighted by molar-refractivity contribution is 5.94. The van der Waals surface area contributed by atoms with E-state index in [4.69, 9.17) is 4.74 Å². The number of carbonyl (C=O) groups is 2. The van der Waals surface area contributed by atoms with Gasteiger partial charge in [0.25, 0.3) is 5.91 Å². The van der Waals surface area contributed by atoms with Crippen LogP contribution in [-0.2, 0) is 17.3 Å². The van der Waals surface area contributed by atoms with Crippen LogP contribution in [0.4, 0.5) is 18.0 Å². The molecule has 2 amide bonds. The quantitative estimate of drug-likeness (QED) is 0.717. The number of amides is 2. The van der Waals surface area contributed by atoms with Gasteiger partial charge >= 0.3 is 12.3 Å². The summed E-state index contributed by atoms with van der Waals surface area (Å²) in [6, 6.07) is 12.9. The van der Waals surface area contributed by atoms with Crippen molar-refractivity contribution >= 4 is 12.0 Å². The van der Waals surface area contributed by atoms with Crippen molar-refractivity contribution in [1.29, 1.82) is 0 Å². The molecule has 0 aromatic heterocycles. The smallest absolute Gasteiger partial charge is 0.416 e. The molecule has 2 aromatic carbocycles. The van der Waals surface area contributed by atoms with Gasteiger partial charge in [0.15, 0.2) is 0 Å². The van der Waals surface area contributed by atoms with Crippen molar-refractivity contribution in [2.45, 2.75) is 45.0 Å². The Kier molecular flexibility index (Phi) is 7.48. The minimum absolute atomic E-state index is 0.0501. The second-order valence-corrected chi connectivity index (χ2v) is 7.82. The fraction of sp³-hybridized carbons (Fsp3) is 0.364. The van der Waals surface area contributed by atoms with Crippen LogP contribution in [-0.4, -0.2) is 30.2 Å². The summed E-state index contributed by atoms with van der Waals surface area (Å²) in [6.45, 7) is 5.23. The molecule has 0 heterocycles. The predicted octanol–water partition coefficient (Wildman–Crippen LogP) is 4.57. The Labute approximate surface area is 173 Å². The van der Waals surface area contributed by atoms with E-state index in [1.165, 1.54) is 12.1 Å². The average molecular weight is 422 g/mol. The van der Waals surface area contributed by atoms with E-state index in [2.05, 4.69) is 10.6 Å². The molecule has 1 atom stereocenters. The van der Waals surface area contributed by atoms with Crippen molar-refractivity contribution in [3.8, 4) is 0 Å². The summed E-state index contributed by atoms with van der Waals surface area (Å²) in [5.41, 5.74) is -0.792. The molecule has 2 N–H and O–H groups in total. The summed E-state index contributed by atoms with van der Waals surface area (Å²) >= 11 is 0. The van der Waals surface area contributed by atoms with Crippen molar-refractivity contribution < 1.29 is 27.5 Å². The van der Waals surface area contributed by atoms with Crippen LogP contribution in [0.1, 0.15) is 42.3 Å². The van der Waals surface area contributed by atoms with Gasteiger partial charge in [-0.3, -0.25) is 4.79 Å². The molecule has 0 aliphatic rings. The summed E-state index contributed by atoms with van der Waals surface area (Å²) in [4.78, 5) is 24.5. The van der Waals surface area contributed by atoms with Gasteiger partial charge in [0.05, 0.1) is 11.6 Å². The van der Waals surface area contributed by atoms with Crippen LogP contribution in [0.15, 0.2) is 54.6 Å². The number of alkyl carbamates (subject to hydrolysis) is 1. The standard InChI is InChI=1S/C22H25F3N2O3/c1-21(2,3)30-20(29)26-14-18(12-15-8-5-4-6-9-15)27-19(28)16-10-7-11-17(13-16)22(23,24)25/h4-11,13,18H,12,14H2,1-3H3,(H,26,29)(H,27,28). The van der Waals surface area contributed by atoms with Crippen LogP contribution >= 0.6 is 0 Å². The van der Waals surface area contributed by atoms with Crippen LogP contribution < -0.4 is 10.6 Å². The van der Waals surface area contributed by atoms with Gasteiger partial charge in [-0.15, -0.1) is 0 Å². The van der Waals surface area contributed by atoms with Gasteiger partial charge in [-0.2, -0.15) is 13.2 Å². The molecule has 5 nitrogen and oxygen atoms in total. The number of halogens is 3. The summed E-state index contributed by atoms with van der Waals surface area (Å²) in [6.07, 6.45) is -4.81. The minimum Gasteiger partial charge on any atom is -0.444 e. The number of rotatable bonds is 6. The zero-order valence-electron chi connectivity index (χ0n) is 17.0. The molecule has 1 unspecified atom stereocenters. The Balaban J connectivity index is 2.12. The van der Waals surface area contributed by atoms with Crippen LogP contribution in [0.2, 0.25) is 0 Å². The first-order valence-corrected chi connectivity index (χ1v) is 9.43. The normalized spacial score (nSPS) is 12.7. The number of hydrogen-bond acceptors (Lipinski definition) is 3. The number of carbonyl (C=O) groups excluding carboxylic acids is 2. The van der Waals surface area contributed by atoms with Crippen LogP contribution in [0.5, 0.6) is 0 Å². The Morgan fingerprint density at radius 1 is 1.00 bits per heavy atom. The van der Waals surface area contributed by atoms with Gasteiger partial charge < -0.3 is 15.4 Å². The third-order valence-corrected chi connectivity index (χ3v) is 4.00. The molecule has 162 valence electrons. The number of ether oxygens (including phenoxy) is 1. The molecule has 0 saturated carbocycles. The van der Waals surface area contributed by atoms with Crippen molar-refractivity contribution in [3.63, 3.8) is 0 Å². The van der Waals surface area contributed by atoms with E-state index in [0.29, 0.717) is 6.42 Å². The largest absolute Gasteiger partial charge is 0.444 e. The van der Waals surface area contributed by atoms with Gasteiger partial charge in [-0.05, 0) is 51.0 Å². The molecule has 0 radical (unpaired) electrons. The predicted molar refractivity (Wildman–Crippen MR) is 107 cm³/mol. The van der Waals surface area contributed by atoms with Crippen LogP contribution in [0, 0.1) is 0 Å². The summed E-state index contributed by atoms with van der Waals surface area (Å²) < 4.78 is 44.0. The molecule has 0 bridgehead atoms. The zero-order valence-corrected chi connectivity index (χ0v) is 17.0. The summed E-state index contributed by atoms with van der Waals surface area (Å²) in [7, 11) is 0. The van der Waals surface area contributed by atoms with Gasteiger partial charge in [0.2, 0.25) is 0 Å². The molecule has 0 spiro atoms. The molecule has 0 aliphatic carbocycles. The van der Waals surface area contributed by atoms with Crippen molar-refractivity contribution in [2.24, 2.45) is 0 Å². The first kappa shape index (κ1) is 23.3. The number of benzene rings is 2. The molecule has 2 aromatic rings. The first-order valence-electron chi connectivity index (χ1n) is 9.43. The fourth-order valence-electron chi connectivity index (χ4n) is 2.70. The van der Waals surface area contributed by atoms with Gasteiger partial charge in [0.1, 0.15) is 5.60 Å². The second kappa shape index (κ2) is 9.65. The lowest BCUT2D eigenvalue weighted by molar-refractivity contribution is -0.137. The maximum absolute atomic E-state index is 12.9. The van der Waals surface area contributed by atoms with E-state index < -0.39 is 35.4 Å². The van der Waals surface area contributed by atoms with E-state index in [0.717, 1.165) is 17.7 Å². The van der Waals surface area contributed by atoms with E-state index in [1.54, 1.807) is 20.8 Å². The monoisotopic (exact) mass is 422 g/mol. The third kappa shape index (κ3) is 7.77. The zero-order chi connectivity index (χ0) is 22.4. The lowest BCUT2D eigenvalue weighted by Crippen LogP contribution is -2.46. The summed E-state index contributed by atoms with van der Waals surface area (Å²) in [5, 5.41) is 5.30. The molecule has 0 fully saturated rings. The average Bonchev–Trinajstić information content (AvgIpc) is 2.65. The topological polar surface area (TPSA) is 67.4 Å². The van der Waals surface area contributed by atoms with Gasteiger partial charge in [-0.25, -0.2) is 4.79 Å². The Hall–Kier alpha value is -3.03. The Morgan fingerprint density at radius 3 is 2.27 bits per heavy atom. The molecule has 0 aliphatic heterocycles. The highest BCUT2D eigenvalue weighted by Crippen LogP contribution is 2.29. The lowest BCUT2D eigenvalue weighted by Gasteiger charge is -2.23. The van der Waals surface area contributed by atoms with Crippen molar-refractivity contribution in [3.05, 3.63) is 71.3 Å². The summed E-state index contributed by atoms with van der Waals surface area (Å²) in [5.74, 6) is -0.659. The lowest BCUT2D eigenvalue weighted by atomic mass is 10.0. The number of hydrogen-bond donors (Lipinski definition) is 2. The molecule has 0 saturated heterocycles. The fourth-order valence-corrected chi connectivity index (χ4v) is 2.70. The molecular weight excluding hydrogens is 397 g/mol. The van der Waals surface area contributed by atoms with Gasteiger partial charge in [-0.1, -0.05) is 36.4 Å². The molecule has 2 rings (SSSR count). The van der Waals surface area contributed by atoms with Crippen LogP contribution in [0.3, 0.4) is 0 Å². The van der Waals surface area contributed by atoms with Crippen LogP contribution in [0.25, 0.3) is 0 Å². The molecule has 30 heavy (non-hydrogen) atoms. The van der Waals surface area contributed by atoms with E-state index in [-0.39, 0.29) is 12.1 Å². The molecule has 8 heteroatoms. The maximum Gasteiger partial charge on any atom is 0.416 e. The SMILES string of the molecule is CC(C)(C)OC(=O)NCC(Cc1ccccc1)NC(=O)c1cccc(C(F)(F)F)c1. The van der Waals surface area contributed by atoms with Gasteiger partial charge in [0, 0.05) is 12.1 Å². The number of nitrogens with one attached hydrogen (secondary N) is 2. The molecular formula is C22H25F3N2O3. The first-order chi connectivity index (χ1) is 13.9. The Morgan fingerprint density at radius 2 is 1.67 bits per heavy atom. The van der Waals surface area contributed by atoms with E-state index >= 15 is 0 Å². The number of alkyl halides is 3. The van der Waals surface area contributed by atoms with E-state index in [9.17, 15) is 22.8 Å².